The second kappa shape index (κ2) is 7.67. The molecule has 2 heterocycles. The van der Waals surface area contributed by atoms with Crippen molar-refractivity contribution < 1.29 is 4.79 Å². The summed E-state index contributed by atoms with van der Waals surface area (Å²) in [6, 6.07) is 8.60. The molecule has 1 N–H and O–H groups in total. The SMILES string of the molecule is Cc1ccc(-c2ncc(C(=O)NCC3CC3)c(N3CCCCC3C)n2)cc1. The summed E-state index contributed by atoms with van der Waals surface area (Å²) >= 11 is 0. The van der Waals surface area contributed by atoms with Gasteiger partial charge in [0.05, 0.1) is 0 Å². The molecule has 1 saturated heterocycles. The lowest BCUT2D eigenvalue weighted by molar-refractivity contribution is 0.0951. The lowest BCUT2D eigenvalue weighted by Gasteiger charge is -2.35. The molecule has 1 aromatic heterocycles. The largest absolute Gasteiger partial charge is 0.353 e. The maximum absolute atomic E-state index is 12.8. The van der Waals surface area contributed by atoms with Crippen LogP contribution in [0.2, 0.25) is 0 Å². The number of carbonyl (C=O) groups excluding carboxylic acids is 1. The molecule has 1 aromatic carbocycles. The Morgan fingerprint density at radius 3 is 2.67 bits per heavy atom. The molecule has 27 heavy (non-hydrogen) atoms. The van der Waals surface area contributed by atoms with Crippen LogP contribution in [0.3, 0.4) is 0 Å². The second-order valence-electron chi connectivity index (χ2n) is 7.99. The van der Waals surface area contributed by atoms with Crippen LogP contribution in [-0.4, -0.2) is 35.0 Å². The molecule has 4 rings (SSSR count). The van der Waals surface area contributed by atoms with Gasteiger partial charge in [-0.15, -0.1) is 0 Å². The van der Waals surface area contributed by atoms with Gasteiger partial charge in [0.1, 0.15) is 11.4 Å². The molecule has 0 radical (unpaired) electrons. The average Bonchev–Trinajstić information content (AvgIpc) is 3.51. The molecule has 1 unspecified atom stereocenters. The van der Waals surface area contributed by atoms with Crippen LogP contribution in [0.1, 0.15) is 54.9 Å². The van der Waals surface area contributed by atoms with Gasteiger partial charge in [0.15, 0.2) is 5.82 Å². The first-order valence-electron chi connectivity index (χ1n) is 10.1. The van der Waals surface area contributed by atoms with Crippen molar-refractivity contribution in [3.63, 3.8) is 0 Å². The standard InChI is InChI=1S/C22H28N4O/c1-15-6-10-18(11-7-15)20-23-14-19(22(27)24-13-17-8-9-17)21(25-20)26-12-4-3-5-16(26)2/h6-7,10-11,14,16-17H,3-5,8-9,12-13H2,1-2H3,(H,24,27). The molecular formula is C22H28N4O. The van der Waals surface area contributed by atoms with Crippen molar-refractivity contribution >= 4 is 11.7 Å². The summed E-state index contributed by atoms with van der Waals surface area (Å²) in [5, 5.41) is 3.08. The Morgan fingerprint density at radius 2 is 1.96 bits per heavy atom. The van der Waals surface area contributed by atoms with E-state index in [4.69, 9.17) is 4.98 Å². The van der Waals surface area contributed by atoms with Gasteiger partial charge in [-0.1, -0.05) is 29.8 Å². The van der Waals surface area contributed by atoms with Crippen molar-refractivity contribution in [3.8, 4) is 11.4 Å². The number of rotatable bonds is 5. The Kier molecular flexibility index (Phi) is 5.10. The predicted molar refractivity (Wildman–Crippen MR) is 108 cm³/mol. The summed E-state index contributed by atoms with van der Waals surface area (Å²) in [7, 11) is 0. The van der Waals surface area contributed by atoms with Crippen molar-refractivity contribution in [2.45, 2.75) is 52.0 Å². The molecule has 1 aliphatic heterocycles. The smallest absolute Gasteiger partial charge is 0.256 e. The van der Waals surface area contributed by atoms with E-state index in [1.165, 1.54) is 24.8 Å². The van der Waals surface area contributed by atoms with E-state index in [1.54, 1.807) is 6.20 Å². The number of hydrogen-bond donors (Lipinski definition) is 1. The minimum Gasteiger partial charge on any atom is -0.353 e. The van der Waals surface area contributed by atoms with E-state index in [0.717, 1.165) is 37.3 Å². The fraction of sp³-hybridized carbons (Fsp3) is 0.500. The summed E-state index contributed by atoms with van der Waals surface area (Å²) in [6.07, 6.45) is 7.65. The first-order valence-corrected chi connectivity index (χ1v) is 10.1. The van der Waals surface area contributed by atoms with E-state index in [-0.39, 0.29) is 5.91 Å². The third-order valence-electron chi connectivity index (χ3n) is 5.65. The summed E-state index contributed by atoms with van der Waals surface area (Å²) in [5.41, 5.74) is 2.79. The van der Waals surface area contributed by atoms with E-state index >= 15 is 0 Å². The van der Waals surface area contributed by atoms with Crippen molar-refractivity contribution in [3.05, 3.63) is 41.6 Å². The number of carbonyl (C=O) groups is 1. The molecule has 2 aromatic rings. The first-order chi connectivity index (χ1) is 13.1. The number of anilines is 1. The van der Waals surface area contributed by atoms with Gasteiger partial charge < -0.3 is 10.2 Å². The van der Waals surface area contributed by atoms with Gasteiger partial charge in [0.2, 0.25) is 0 Å². The van der Waals surface area contributed by atoms with E-state index in [0.29, 0.717) is 23.3 Å². The third kappa shape index (κ3) is 4.12. The topological polar surface area (TPSA) is 58.1 Å². The van der Waals surface area contributed by atoms with E-state index < -0.39 is 0 Å². The first kappa shape index (κ1) is 18.0. The fourth-order valence-electron chi connectivity index (χ4n) is 3.66. The van der Waals surface area contributed by atoms with Crippen LogP contribution < -0.4 is 10.2 Å². The van der Waals surface area contributed by atoms with Gasteiger partial charge in [0.25, 0.3) is 5.91 Å². The van der Waals surface area contributed by atoms with E-state index in [1.807, 2.05) is 12.1 Å². The summed E-state index contributed by atoms with van der Waals surface area (Å²) in [4.78, 5) is 24.5. The molecule has 0 bridgehead atoms. The monoisotopic (exact) mass is 364 g/mol. The number of nitrogens with one attached hydrogen (secondary N) is 1. The normalized spacial score (nSPS) is 19.8. The van der Waals surface area contributed by atoms with Crippen LogP contribution in [-0.2, 0) is 0 Å². The molecular weight excluding hydrogens is 336 g/mol. The molecule has 5 nitrogen and oxygen atoms in total. The fourth-order valence-corrected chi connectivity index (χ4v) is 3.66. The van der Waals surface area contributed by atoms with Crippen LogP contribution in [0.25, 0.3) is 11.4 Å². The third-order valence-corrected chi connectivity index (χ3v) is 5.65. The Morgan fingerprint density at radius 1 is 1.19 bits per heavy atom. The van der Waals surface area contributed by atoms with Gasteiger partial charge >= 0.3 is 0 Å². The number of benzene rings is 1. The highest BCUT2D eigenvalue weighted by atomic mass is 16.1. The predicted octanol–water partition coefficient (Wildman–Crippen LogP) is 3.97. The van der Waals surface area contributed by atoms with Crippen LogP contribution >= 0.6 is 0 Å². The maximum atomic E-state index is 12.8. The zero-order valence-electron chi connectivity index (χ0n) is 16.2. The molecule has 2 fully saturated rings. The minimum absolute atomic E-state index is 0.0508. The van der Waals surface area contributed by atoms with Gasteiger partial charge in [-0.25, -0.2) is 9.97 Å². The van der Waals surface area contributed by atoms with Crippen molar-refractivity contribution in [1.29, 1.82) is 0 Å². The summed E-state index contributed by atoms with van der Waals surface area (Å²) in [6.45, 7) is 5.99. The molecule has 2 aliphatic rings. The van der Waals surface area contributed by atoms with Crippen LogP contribution in [0, 0.1) is 12.8 Å². The quantitative estimate of drug-likeness (QED) is 0.872. The zero-order valence-corrected chi connectivity index (χ0v) is 16.2. The van der Waals surface area contributed by atoms with Gasteiger partial charge in [-0.05, 0) is 51.9 Å². The number of aryl methyl sites for hydroxylation is 1. The van der Waals surface area contributed by atoms with Gasteiger partial charge in [-0.3, -0.25) is 4.79 Å². The van der Waals surface area contributed by atoms with Crippen molar-refractivity contribution in [2.24, 2.45) is 5.92 Å². The molecule has 1 saturated carbocycles. The van der Waals surface area contributed by atoms with Crippen LogP contribution in [0.15, 0.2) is 30.5 Å². The van der Waals surface area contributed by atoms with Crippen LogP contribution in [0.5, 0.6) is 0 Å². The number of hydrogen-bond acceptors (Lipinski definition) is 4. The lowest BCUT2D eigenvalue weighted by atomic mass is 10.0. The Labute approximate surface area is 161 Å². The maximum Gasteiger partial charge on any atom is 0.256 e. The number of aromatic nitrogens is 2. The highest BCUT2D eigenvalue weighted by Crippen LogP contribution is 2.30. The Bertz CT molecular complexity index is 814. The van der Waals surface area contributed by atoms with Crippen LogP contribution in [0.4, 0.5) is 5.82 Å². The molecule has 0 spiro atoms. The number of piperidine rings is 1. The molecule has 1 atom stereocenters. The van der Waals surface area contributed by atoms with Crippen molar-refractivity contribution in [2.75, 3.05) is 18.0 Å². The Hall–Kier alpha value is -2.43. The molecule has 5 heteroatoms. The minimum atomic E-state index is -0.0508. The second-order valence-corrected chi connectivity index (χ2v) is 7.99. The average molecular weight is 364 g/mol. The van der Waals surface area contributed by atoms with Crippen molar-refractivity contribution in [1.82, 2.24) is 15.3 Å². The van der Waals surface area contributed by atoms with E-state index in [9.17, 15) is 4.79 Å². The zero-order chi connectivity index (χ0) is 18.8. The highest BCUT2D eigenvalue weighted by molar-refractivity contribution is 5.99. The van der Waals surface area contributed by atoms with Gasteiger partial charge in [0, 0.05) is 30.9 Å². The van der Waals surface area contributed by atoms with Gasteiger partial charge in [-0.2, -0.15) is 0 Å². The Balaban J connectivity index is 1.68. The molecule has 1 amide bonds. The number of amides is 1. The molecule has 1 aliphatic carbocycles. The summed E-state index contributed by atoms with van der Waals surface area (Å²) in [5.74, 6) is 2.06. The number of nitrogens with zero attached hydrogens (tertiary/aromatic N) is 3. The van der Waals surface area contributed by atoms with E-state index in [2.05, 4.69) is 41.2 Å². The molecule has 142 valence electrons. The lowest BCUT2D eigenvalue weighted by Crippen LogP contribution is -2.40. The highest BCUT2D eigenvalue weighted by Gasteiger charge is 2.27. The summed E-state index contributed by atoms with van der Waals surface area (Å²) < 4.78 is 0.